The molecular formula is C12H26N4O. The fourth-order valence-corrected chi connectivity index (χ4v) is 2.40. The van der Waals surface area contributed by atoms with E-state index in [-0.39, 0.29) is 0 Å². The molecule has 1 rings (SSSR count). The second-order valence-electron chi connectivity index (χ2n) is 5.09. The van der Waals surface area contributed by atoms with Crippen molar-refractivity contribution in [3.8, 4) is 0 Å². The van der Waals surface area contributed by atoms with Crippen LogP contribution in [0.15, 0.2) is 5.16 Å². The molecule has 5 nitrogen and oxygen atoms in total. The molecule has 100 valence electrons. The van der Waals surface area contributed by atoms with Crippen molar-refractivity contribution in [2.75, 3.05) is 33.7 Å². The molecule has 1 fully saturated rings. The van der Waals surface area contributed by atoms with Crippen molar-refractivity contribution in [1.82, 2.24) is 9.80 Å². The molecule has 0 aromatic rings. The van der Waals surface area contributed by atoms with Crippen LogP contribution in [0.3, 0.4) is 0 Å². The van der Waals surface area contributed by atoms with Crippen molar-refractivity contribution >= 4 is 5.84 Å². The van der Waals surface area contributed by atoms with Crippen molar-refractivity contribution in [2.45, 2.75) is 38.1 Å². The summed E-state index contributed by atoms with van der Waals surface area (Å²) in [6.07, 6.45) is 5.43. The summed E-state index contributed by atoms with van der Waals surface area (Å²) in [5.41, 5.74) is 5.42. The van der Waals surface area contributed by atoms with Crippen LogP contribution in [0.2, 0.25) is 0 Å². The largest absolute Gasteiger partial charge is 0.409 e. The molecule has 0 saturated carbocycles. The molecule has 3 N–H and O–H groups in total. The van der Waals surface area contributed by atoms with Gasteiger partial charge < -0.3 is 20.7 Å². The first-order chi connectivity index (χ1) is 8.13. The van der Waals surface area contributed by atoms with Crippen molar-refractivity contribution in [3.05, 3.63) is 0 Å². The summed E-state index contributed by atoms with van der Waals surface area (Å²) in [5.74, 6) is 0.336. The zero-order valence-electron chi connectivity index (χ0n) is 11.1. The van der Waals surface area contributed by atoms with Gasteiger partial charge in [-0.05, 0) is 52.9 Å². The highest BCUT2D eigenvalue weighted by Crippen LogP contribution is 2.15. The SMILES string of the molecule is CN(CCCCC(N)=NO)CC1CCCN1C. The van der Waals surface area contributed by atoms with Gasteiger partial charge >= 0.3 is 0 Å². The number of likely N-dealkylation sites (N-methyl/N-ethyl adjacent to an activating group) is 2. The van der Waals surface area contributed by atoms with Crippen molar-refractivity contribution < 1.29 is 5.21 Å². The summed E-state index contributed by atoms with van der Waals surface area (Å²) in [5, 5.41) is 11.4. The van der Waals surface area contributed by atoms with E-state index in [2.05, 4.69) is 29.1 Å². The molecule has 0 aromatic carbocycles. The van der Waals surface area contributed by atoms with Crippen LogP contribution >= 0.6 is 0 Å². The molecule has 0 amide bonds. The van der Waals surface area contributed by atoms with E-state index < -0.39 is 0 Å². The molecule has 0 aliphatic carbocycles. The van der Waals surface area contributed by atoms with E-state index in [0.717, 1.165) is 32.0 Å². The number of hydrogen-bond acceptors (Lipinski definition) is 4. The minimum atomic E-state index is 0.336. The summed E-state index contributed by atoms with van der Waals surface area (Å²) in [7, 11) is 4.39. The van der Waals surface area contributed by atoms with Gasteiger partial charge in [0.05, 0.1) is 0 Å². The Morgan fingerprint density at radius 3 is 2.88 bits per heavy atom. The van der Waals surface area contributed by atoms with Crippen LogP contribution in [0.25, 0.3) is 0 Å². The Bertz CT molecular complexity index is 245. The monoisotopic (exact) mass is 242 g/mol. The van der Waals surface area contributed by atoms with Gasteiger partial charge in [0.2, 0.25) is 0 Å². The molecular weight excluding hydrogens is 216 g/mol. The molecule has 0 spiro atoms. The minimum absolute atomic E-state index is 0.336. The second kappa shape index (κ2) is 7.50. The lowest BCUT2D eigenvalue weighted by molar-refractivity contribution is 0.218. The average molecular weight is 242 g/mol. The number of oxime groups is 1. The van der Waals surface area contributed by atoms with E-state index in [4.69, 9.17) is 10.9 Å². The number of likely N-dealkylation sites (tertiary alicyclic amines) is 1. The van der Waals surface area contributed by atoms with E-state index in [1.807, 2.05) is 0 Å². The Kier molecular flexibility index (Phi) is 6.29. The van der Waals surface area contributed by atoms with Gasteiger partial charge in [0.25, 0.3) is 0 Å². The molecule has 1 saturated heterocycles. The van der Waals surface area contributed by atoms with Crippen LogP contribution in [0.1, 0.15) is 32.1 Å². The van der Waals surface area contributed by atoms with Crippen molar-refractivity contribution in [3.63, 3.8) is 0 Å². The summed E-state index contributed by atoms with van der Waals surface area (Å²) < 4.78 is 0. The molecule has 5 heteroatoms. The summed E-state index contributed by atoms with van der Waals surface area (Å²) in [6, 6.07) is 0.726. The van der Waals surface area contributed by atoms with Crippen molar-refractivity contribution in [2.24, 2.45) is 10.9 Å². The molecule has 1 atom stereocenters. The van der Waals surface area contributed by atoms with Gasteiger partial charge in [-0.1, -0.05) is 5.16 Å². The van der Waals surface area contributed by atoms with Gasteiger partial charge in [-0.2, -0.15) is 0 Å². The molecule has 0 radical (unpaired) electrons. The van der Waals surface area contributed by atoms with Gasteiger partial charge in [-0.15, -0.1) is 0 Å². The first kappa shape index (κ1) is 14.3. The quantitative estimate of drug-likeness (QED) is 0.229. The third-order valence-electron chi connectivity index (χ3n) is 3.55. The molecule has 0 bridgehead atoms. The Labute approximate surface area is 104 Å². The smallest absolute Gasteiger partial charge is 0.139 e. The van der Waals surface area contributed by atoms with Gasteiger partial charge in [0, 0.05) is 19.0 Å². The third kappa shape index (κ3) is 5.37. The zero-order valence-corrected chi connectivity index (χ0v) is 11.1. The van der Waals surface area contributed by atoms with E-state index in [1.165, 1.54) is 19.4 Å². The number of hydrogen-bond donors (Lipinski definition) is 2. The highest BCUT2D eigenvalue weighted by Gasteiger charge is 2.21. The lowest BCUT2D eigenvalue weighted by Crippen LogP contribution is -2.37. The predicted molar refractivity (Wildman–Crippen MR) is 70.4 cm³/mol. The third-order valence-corrected chi connectivity index (χ3v) is 3.55. The van der Waals surface area contributed by atoms with E-state index in [9.17, 15) is 0 Å². The summed E-state index contributed by atoms with van der Waals surface area (Å²) in [4.78, 5) is 4.84. The number of nitrogens with zero attached hydrogens (tertiary/aromatic N) is 3. The Morgan fingerprint density at radius 1 is 1.53 bits per heavy atom. The van der Waals surface area contributed by atoms with Gasteiger partial charge in [0.1, 0.15) is 5.84 Å². The predicted octanol–water partition coefficient (Wildman–Crippen LogP) is 0.929. The fourth-order valence-electron chi connectivity index (χ4n) is 2.40. The standard InChI is InChI=1S/C12H26N4O/c1-15(8-4-3-7-12(13)14-17)10-11-6-5-9-16(11)2/h11,17H,3-10H2,1-2H3,(H2,13,14). The van der Waals surface area contributed by atoms with Crippen molar-refractivity contribution in [1.29, 1.82) is 0 Å². The number of rotatable bonds is 7. The van der Waals surface area contributed by atoms with E-state index in [0.29, 0.717) is 12.3 Å². The Morgan fingerprint density at radius 2 is 2.29 bits per heavy atom. The maximum absolute atomic E-state index is 8.41. The zero-order chi connectivity index (χ0) is 12.7. The lowest BCUT2D eigenvalue weighted by atomic mass is 10.2. The normalized spacial score (nSPS) is 22.5. The van der Waals surface area contributed by atoms with Crippen LogP contribution in [0.4, 0.5) is 0 Å². The maximum atomic E-state index is 8.41. The fraction of sp³-hybridized carbons (Fsp3) is 0.917. The minimum Gasteiger partial charge on any atom is -0.409 e. The van der Waals surface area contributed by atoms with Crippen LogP contribution in [-0.4, -0.2) is 60.6 Å². The molecule has 1 aliphatic rings. The first-order valence-electron chi connectivity index (χ1n) is 6.48. The van der Waals surface area contributed by atoms with Crippen LogP contribution < -0.4 is 5.73 Å². The van der Waals surface area contributed by atoms with Crippen LogP contribution in [-0.2, 0) is 0 Å². The highest BCUT2D eigenvalue weighted by molar-refractivity contribution is 5.79. The van der Waals surface area contributed by atoms with E-state index >= 15 is 0 Å². The van der Waals surface area contributed by atoms with Gasteiger partial charge in [-0.25, -0.2) is 0 Å². The topological polar surface area (TPSA) is 65.1 Å². The Hall–Kier alpha value is -0.810. The molecule has 1 aliphatic heterocycles. The number of nitrogens with two attached hydrogens (primary N) is 1. The van der Waals surface area contributed by atoms with Crippen LogP contribution in [0.5, 0.6) is 0 Å². The number of unbranched alkanes of at least 4 members (excludes halogenated alkanes) is 1. The molecule has 1 unspecified atom stereocenters. The van der Waals surface area contributed by atoms with Crippen LogP contribution in [0, 0.1) is 0 Å². The average Bonchev–Trinajstić information content (AvgIpc) is 2.70. The van der Waals surface area contributed by atoms with Gasteiger partial charge in [-0.3, -0.25) is 0 Å². The summed E-state index contributed by atoms with van der Waals surface area (Å²) in [6.45, 7) is 3.48. The van der Waals surface area contributed by atoms with E-state index in [1.54, 1.807) is 0 Å². The second-order valence-corrected chi connectivity index (χ2v) is 5.09. The van der Waals surface area contributed by atoms with Gasteiger partial charge in [0.15, 0.2) is 0 Å². The number of amidine groups is 1. The lowest BCUT2D eigenvalue weighted by Gasteiger charge is -2.25. The molecule has 0 aromatic heterocycles. The highest BCUT2D eigenvalue weighted by atomic mass is 16.4. The molecule has 17 heavy (non-hydrogen) atoms. The molecule has 1 heterocycles. The summed E-state index contributed by atoms with van der Waals surface area (Å²) >= 11 is 0. The Balaban J connectivity index is 2.06. The maximum Gasteiger partial charge on any atom is 0.139 e. The first-order valence-corrected chi connectivity index (χ1v) is 6.48.